The van der Waals surface area contributed by atoms with Gasteiger partial charge in [-0.3, -0.25) is 0 Å². The van der Waals surface area contributed by atoms with Gasteiger partial charge in [-0.05, 0) is 48.7 Å². The van der Waals surface area contributed by atoms with E-state index in [2.05, 4.69) is 0 Å². The summed E-state index contributed by atoms with van der Waals surface area (Å²) in [5.41, 5.74) is 0.809. The van der Waals surface area contributed by atoms with Crippen LogP contribution in [-0.4, -0.2) is 65.1 Å². The number of rotatable bonds is 7. The molecule has 1 unspecified atom stereocenters. The Morgan fingerprint density at radius 1 is 1.16 bits per heavy atom. The van der Waals surface area contributed by atoms with E-state index < -0.39 is 60.8 Å². The van der Waals surface area contributed by atoms with E-state index in [1.165, 1.54) is 32.2 Å². The molecule has 10 heteroatoms. The average molecular weight is 476 g/mol. The molecular formula is C22H25ClF2O7. The van der Waals surface area contributed by atoms with Gasteiger partial charge in [0.25, 0.3) is 0 Å². The first-order chi connectivity index (χ1) is 15.5. The Bertz CT molecular complexity index is 970. The van der Waals surface area contributed by atoms with Crippen molar-refractivity contribution in [1.29, 1.82) is 0 Å². The van der Waals surface area contributed by atoms with Crippen molar-refractivity contribution in [2.45, 2.75) is 43.5 Å². The number of ether oxygens (including phenoxy) is 3. The monoisotopic (exact) mass is 475 g/mol. The van der Waals surface area contributed by atoms with Gasteiger partial charge >= 0.3 is 0 Å². The van der Waals surface area contributed by atoms with Crippen LogP contribution in [0.5, 0.6) is 5.75 Å². The number of halogens is 3. The second kappa shape index (κ2) is 9.96. The summed E-state index contributed by atoms with van der Waals surface area (Å²) in [7, 11) is 1.22. The fraction of sp³-hybridized carbons (Fsp3) is 0.455. The summed E-state index contributed by atoms with van der Waals surface area (Å²) in [5.74, 6) is -4.55. The Morgan fingerprint density at radius 3 is 2.38 bits per heavy atom. The van der Waals surface area contributed by atoms with Crippen LogP contribution in [0.15, 0.2) is 30.3 Å². The summed E-state index contributed by atoms with van der Waals surface area (Å²) in [5, 5.41) is 40.7. The van der Waals surface area contributed by atoms with Crippen LogP contribution in [0, 0.1) is 11.6 Å². The van der Waals surface area contributed by atoms with Crippen molar-refractivity contribution in [3.63, 3.8) is 0 Å². The molecule has 32 heavy (non-hydrogen) atoms. The highest BCUT2D eigenvalue weighted by Crippen LogP contribution is 2.40. The Hall–Kier alpha value is -1.85. The number of hydrogen-bond acceptors (Lipinski definition) is 7. The minimum atomic E-state index is -1.95. The number of aliphatic hydroxyl groups is 4. The summed E-state index contributed by atoms with van der Waals surface area (Å²) >= 11 is 6.29. The molecule has 1 heterocycles. The lowest BCUT2D eigenvalue weighted by atomic mass is 9.87. The Balaban J connectivity index is 1.98. The van der Waals surface area contributed by atoms with E-state index in [-0.39, 0.29) is 22.6 Å². The van der Waals surface area contributed by atoms with Crippen molar-refractivity contribution in [1.82, 2.24) is 0 Å². The SMILES string of the molecule is [2H]C(C)Oc1c(F)cc(Cc2cc([C@]3(OC)O[C@H](CO)[C@@H](O)[C@H](O)[C@H]3O)ccc2Cl)cc1F. The molecule has 0 aliphatic carbocycles. The van der Waals surface area contributed by atoms with Gasteiger partial charge in [0.2, 0.25) is 5.79 Å². The molecule has 176 valence electrons. The van der Waals surface area contributed by atoms with Crippen LogP contribution < -0.4 is 4.74 Å². The number of methoxy groups -OCH3 is 1. The molecule has 1 aliphatic rings. The molecule has 0 spiro atoms. The van der Waals surface area contributed by atoms with Crippen LogP contribution >= 0.6 is 11.6 Å². The normalized spacial score (nSPS) is 29.5. The molecule has 3 rings (SSSR count). The standard InChI is InChI=1S/C22H25ClF2O7/c1-3-31-20-15(24)7-11(8-16(20)25)6-12-9-13(4-5-14(12)23)22(30-2)21(29)19(28)18(27)17(10-26)32-22/h4-5,7-9,17-19,21,26-29H,3,6,10H2,1-2H3/t17-,18-,19+,21-,22+/m1/s1/i3D/t3?,17-,18-,19+,21-,22+. The molecule has 6 atom stereocenters. The van der Waals surface area contributed by atoms with Crippen LogP contribution in [0.25, 0.3) is 0 Å². The number of hydrogen-bond donors (Lipinski definition) is 4. The first-order valence-corrected chi connectivity index (χ1v) is 10.2. The Kier molecular flexibility index (Phi) is 7.26. The number of aliphatic hydroxyl groups excluding tert-OH is 4. The average Bonchev–Trinajstić information content (AvgIpc) is 2.77. The summed E-state index contributed by atoms with van der Waals surface area (Å²) < 4.78 is 51.9. The molecule has 2 aromatic rings. The molecule has 1 saturated heterocycles. The highest BCUT2D eigenvalue weighted by molar-refractivity contribution is 6.31. The molecule has 0 saturated carbocycles. The van der Waals surface area contributed by atoms with E-state index in [9.17, 15) is 29.2 Å². The molecule has 2 aromatic carbocycles. The van der Waals surface area contributed by atoms with Crippen molar-refractivity contribution >= 4 is 11.6 Å². The van der Waals surface area contributed by atoms with Gasteiger partial charge in [-0.2, -0.15) is 0 Å². The molecule has 0 aromatic heterocycles. The summed E-state index contributed by atoms with van der Waals surface area (Å²) in [4.78, 5) is 0. The lowest BCUT2D eigenvalue weighted by molar-refractivity contribution is -0.366. The van der Waals surface area contributed by atoms with E-state index in [1.807, 2.05) is 0 Å². The van der Waals surface area contributed by atoms with Gasteiger partial charge in [0.1, 0.15) is 24.4 Å². The largest absolute Gasteiger partial charge is 0.488 e. The zero-order valence-electron chi connectivity index (χ0n) is 18.3. The van der Waals surface area contributed by atoms with Gasteiger partial charge in [0.15, 0.2) is 17.4 Å². The first kappa shape index (κ1) is 23.3. The van der Waals surface area contributed by atoms with Crippen LogP contribution in [0.2, 0.25) is 5.02 Å². The fourth-order valence-electron chi connectivity index (χ4n) is 3.76. The van der Waals surface area contributed by atoms with Gasteiger partial charge in [0.05, 0.1) is 14.6 Å². The maximum absolute atomic E-state index is 14.3. The fourth-order valence-corrected chi connectivity index (χ4v) is 3.94. The predicted molar refractivity (Wildman–Crippen MR) is 110 cm³/mol. The van der Waals surface area contributed by atoms with E-state index in [1.54, 1.807) is 0 Å². The lowest BCUT2D eigenvalue weighted by Gasteiger charge is -2.47. The third kappa shape index (κ3) is 4.47. The zero-order chi connectivity index (χ0) is 24.5. The zero-order valence-corrected chi connectivity index (χ0v) is 18.1. The molecule has 7 nitrogen and oxygen atoms in total. The Morgan fingerprint density at radius 2 is 1.81 bits per heavy atom. The predicted octanol–water partition coefficient (Wildman–Crippen LogP) is 1.88. The molecule has 0 amide bonds. The van der Waals surface area contributed by atoms with Gasteiger partial charge in [-0.1, -0.05) is 17.7 Å². The Labute approximate surface area is 190 Å². The van der Waals surface area contributed by atoms with E-state index in [4.69, 9.17) is 27.2 Å². The van der Waals surface area contributed by atoms with Crippen LogP contribution in [-0.2, 0) is 21.7 Å². The lowest BCUT2D eigenvalue weighted by Crippen LogP contribution is -2.64. The molecule has 4 N–H and O–H groups in total. The topological polar surface area (TPSA) is 109 Å². The van der Waals surface area contributed by atoms with E-state index >= 15 is 0 Å². The molecule has 0 radical (unpaired) electrons. The maximum Gasteiger partial charge on any atom is 0.224 e. The molecule has 1 fully saturated rings. The first-order valence-electron chi connectivity index (χ1n) is 10.4. The van der Waals surface area contributed by atoms with Crippen LogP contribution in [0.1, 0.15) is 25.0 Å². The van der Waals surface area contributed by atoms with Crippen molar-refractivity contribution < 1.29 is 44.8 Å². The smallest absolute Gasteiger partial charge is 0.224 e. The third-order valence-corrected chi connectivity index (χ3v) is 5.76. The third-order valence-electron chi connectivity index (χ3n) is 5.39. The van der Waals surface area contributed by atoms with E-state index in [0.29, 0.717) is 5.56 Å². The molecule has 0 bridgehead atoms. The summed E-state index contributed by atoms with van der Waals surface area (Å²) in [6, 6.07) is 6.51. The highest BCUT2D eigenvalue weighted by atomic mass is 35.5. The quantitative estimate of drug-likeness (QED) is 0.484. The molecular weight excluding hydrogens is 450 g/mol. The van der Waals surface area contributed by atoms with Crippen molar-refractivity contribution in [2.75, 3.05) is 20.3 Å². The highest BCUT2D eigenvalue weighted by Gasteiger charge is 2.55. The van der Waals surface area contributed by atoms with Gasteiger partial charge in [-0.25, -0.2) is 8.78 Å². The second-order valence-electron chi connectivity index (χ2n) is 7.36. The minimum Gasteiger partial charge on any atom is -0.488 e. The number of benzene rings is 2. The molecule has 1 aliphatic heterocycles. The van der Waals surface area contributed by atoms with Gasteiger partial charge in [0, 0.05) is 17.7 Å². The van der Waals surface area contributed by atoms with Crippen LogP contribution in [0.4, 0.5) is 8.78 Å². The minimum absolute atomic E-state index is 0.0261. The van der Waals surface area contributed by atoms with Crippen molar-refractivity contribution in [3.05, 3.63) is 63.7 Å². The van der Waals surface area contributed by atoms with Gasteiger partial charge < -0.3 is 34.6 Å². The summed E-state index contributed by atoms with van der Waals surface area (Å²) in [6.07, 6.45) is -6.25. The maximum atomic E-state index is 14.3. The van der Waals surface area contributed by atoms with Crippen molar-refractivity contribution in [3.8, 4) is 5.75 Å². The summed E-state index contributed by atoms with van der Waals surface area (Å²) in [6.45, 7) is -0.488. The second-order valence-corrected chi connectivity index (χ2v) is 7.77. The van der Waals surface area contributed by atoms with Crippen molar-refractivity contribution in [2.24, 2.45) is 0 Å². The van der Waals surface area contributed by atoms with Crippen LogP contribution in [0.3, 0.4) is 0 Å². The van der Waals surface area contributed by atoms with Gasteiger partial charge in [-0.15, -0.1) is 0 Å². The van der Waals surface area contributed by atoms with E-state index in [0.717, 1.165) is 12.1 Å².